The Bertz CT molecular complexity index is 1040. The van der Waals surface area contributed by atoms with E-state index in [0.717, 1.165) is 17.2 Å². The van der Waals surface area contributed by atoms with E-state index in [9.17, 15) is 13.2 Å². The van der Waals surface area contributed by atoms with Crippen LogP contribution in [0.25, 0.3) is 10.8 Å². The molecule has 8 heteroatoms. The first-order valence-corrected chi connectivity index (χ1v) is 13.0. The fraction of sp³-hybridized carbons (Fsp3) is 0.560. The Morgan fingerprint density at radius 2 is 1.76 bits per heavy atom. The van der Waals surface area contributed by atoms with Gasteiger partial charge in [0.1, 0.15) is 5.75 Å². The van der Waals surface area contributed by atoms with Crippen LogP contribution in [0.15, 0.2) is 41.3 Å². The lowest BCUT2D eigenvalue weighted by molar-refractivity contribution is -0.136. The lowest BCUT2D eigenvalue weighted by Gasteiger charge is -2.35. The molecule has 184 valence electrons. The highest BCUT2D eigenvalue weighted by Crippen LogP contribution is 2.34. The quantitative estimate of drug-likeness (QED) is 0.320. The monoisotopic (exact) mass is 478 g/mol. The fourth-order valence-electron chi connectivity index (χ4n) is 3.94. The predicted molar refractivity (Wildman–Crippen MR) is 131 cm³/mol. The summed E-state index contributed by atoms with van der Waals surface area (Å²) >= 11 is 0. The fourth-order valence-corrected chi connectivity index (χ4v) is 5.04. The van der Waals surface area contributed by atoms with Crippen LogP contribution < -0.4 is 14.9 Å². The molecule has 2 atom stereocenters. The normalized spacial score (nSPS) is 14.3. The van der Waals surface area contributed by atoms with E-state index in [-0.39, 0.29) is 22.8 Å². The maximum atomic E-state index is 13.1. The third-order valence-corrected chi connectivity index (χ3v) is 7.46. The summed E-state index contributed by atoms with van der Waals surface area (Å²) in [6.45, 7) is 12.7. The van der Waals surface area contributed by atoms with Crippen molar-refractivity contribution in [2.75, 3.05) is 13.2 Å². The van der Waals surface area contributed by atoms with Crippen LogP contribution in [0.5, 0.6) is 5.75 Å². The van der Waals surface area contributed by atoms with Crippen LogP contribution in [0.3, 0.4) is 0 Å². The van der Waals surface area contributed by atoms with Gasteiger partial charge >= 0.3 is 0 Å². The maximum Gasteiger partial charge on any atom is 0.246 e. The molecule has 0 aliphatic heterocycles. The molecule has 2 aromatic rings. The number of hydrogen-bond donors (Lipinski definition) is 3. The van der Waals surface area contributed by atoms with Crippen molar-refractivity contribution in [3.63, 3.8) is 0 Å². The minimum absolute atomic E-state index is 0.0775. The van der Waals surface area contributed by atoms with Gasteiger partial charge < -0.3 is 4.74 Å². The summed E-state index contributed by atoms with van der Waals surface area (Å²) in [5, 5.41) is 10.8. The van der Waals surface area contributed by atoms with E-state index >= 15 is 0 Å². The molecule has 33 heavy (non-hydrogen) atoms. The van der Waals surface area contributed by atoms with Gasteiger partial charge in [-0.3, -0.25) is 10.0 Å². The third kappa shape index (κ3) is 7.42. The van der Waals surface area contributed by atoms with Gasteiger partial charge in [-0.05, 0) is 65.1 Å². The largest absolute Gasteiger partial charge is 0.494 e. The zero-order valence-corrected chi connectivity index (χ0v) is 21.3. The second-order valence-electron chi connectivity index (χ2n) is 10.0. The highest BCUT2D eigenvalue weighted by atomic mass is 32.2. The van der Waals surface area contributed by atoms with E-state index in [1.807, 2.05) is 45.9 Å². The van der Waals surface area contributed by atoms with Crippen molar-refractivity contribution in [2.24, 2.45) is 23.2 Å². The van der Waals surface area contributed by atoms with E-state index in [0.29, 0.717) is 24.7 Å². The lowest BCUT2D eigenvalue weighted by atomic mass is 9.72. The standard InChI is InChI=1S/C25H38N2O5S/c1-7-22(24(28)27-29)23(25(4,5)6)16-26-33(30,31)21-11-9-18-8-10-20(14-19(18)15-21)32-13-12-17(2)3/h8-11,14-15,17,22-23,26,29H,7,12-13,16H2,1-6H3,(H,27,28). The van der Waals surface area contributed by atoms with Gasteiger partial charge in [0, 0.05) is 12.5 Å². The molecule has 7 nitrogen and oxygen atoms in total. The van der Waals surface area contributed by atoms with E-state index in [1.54, 1.807) is 23.7 Å². The summed E-state index contributed by atoms with van der Waals surface area (Å²) in [7, 11) is -3.81. The molecule has 1 amide bonds. The van der Waals surface area contributed by atoms with E-state index in [2.05, 4.69) is 18.6 Å². The summed E-state index contributed by atoms with van der Waals surface area (Å²) in [4.78, 5) is 12.3. The molecular weight excluding hydrogens is 440 g/mol. The number of amides is 1. The SMILES string of the molecule is CCC(C(=O)NO)C(CNS(=O)(=O)c1ccc2ccc(OCCC(C)C)cc2c1)C(C)(C)C. The Morgan fingerprint density at radius 3 is 2.33 bits per heavy atom. The van der Waals surface area contributed by atoms with Gasteiger partial charge in [-0.15, -0.1) is 0 Å². The Hall–Kier alpha value is -2.16. The highest BCUT2D eigenvalue weighted by Gasteiger charge is 2.36. The van der Waals surface area contributed by atoms with Crippen molar-refractivity contribution < 1.29 is 23.2 Å². The molecule has 0 saturated carbocycles. The second-order valence-corrected chi connectivity index (χ2v) is 11.8. The molecule has 0 saturated heterocycles. The molecule has 2 aromatic carbocycles. The average Bonchev–Trinajstić information content (AvgIpc) is 2.74. The predicted octanol–water partition coefficient (Wildman–Crippen LogP) is 4.74. The maximum absolute atomic E-state index is 13.1. The molecule has 2 unspecified atom stereocenters. The van der Waals surface area contributed by atoms with Crippen molar-refractivity contribution >= 4 is 26.7 Å². The molecule has 0 aliphatic carbocycles. The number of carbonyl (C=O) groups is 1. The van der Waals surface area contributed by atoms with Gasteiger partial charge in [-0.2, -0.15) is 0 Å². The third-order valence-electron chi connectivity index (χ3n) is 6.04. The molecular formula is C25H38N2O5S. The number of hydroxylamine groups is 1. The van der Waals surface area contributed by atoms with Crippen LogP contribution in [0, 0.1) is 23.2 Å². The number of fused-ring (bicyclic) bond motifs is 1. The van der Waals surface area contributed by atoms with Gasteiger partial charge in [0.2, 0.25) is 15.9 Å². The lowest BCUT2D eigenvalue weighted by Crippen LogP contribution is -2.44. The molecule has 0 aliphatic rings. The van der Waals surface area contributed by atoms with Crippen molar-refractivity contribution in [3.8, 4) is 5.75 Å². The molecule has 3 N–H and O–H groups in total. The Kier molecular flexibility index (Phi) is 9.29. The molecule has 0 fully saturated rings. The first-order chi connectivity index (χ1) is 15.4. The number of hydrogen-bond acceptors (Lipinski definition) is 5. The highest BCUT2D eigenvalue weighted by molar-refractivity contribution is 7.89. The number of benzene rings is 2. The average molecular weight is 479 g/mol. The van der Waals surface area contributed by atoms with Crippen molar-refractivity contribution in [1.29, 1.82) is 0 Å². The number of nitrogens with one attached hydrogen (secondary N) is 2. The molecule has 2 rings (SSSR count). The van der Waals surface area contributed by atoms with Crippen molar-refractivity contribution in [1.82, 2.24) is 10.2 Å². The second kappa shape index (κ2) is 11.3. The van der Waals surface area contributed by atoms with Crippen molar-refractivity contribution in [3.05, 3.63) is 36.4 Å². The first-order valence-electron chi connectivity index (χ1n) is 11.5. The van der Waals surface area contributed by atoms with Crippen LogP contribution >= 0.6 is 0 Å². The summed E-state index contributed by atoms with van der Waals surface area (Å²) in [5.41, 5.74) is 1.36. The smallest absolute Gasteiger partial charge is 0.246 e. The number of carbonyl (C=O) groups excluding carboxylic acids is 1. The Morgan fingerprint density at radius 1 is 1.09 bits per heavy atom. The van der Waals surface area contributed by atoms with Crippen LogP contribution in [-0.2, 0) is 14.8 Å². The van der Waals surface area contributed by atoms with Crippen LogP contribution in [0.1, 0.15) is 54.4 Å². The zero-order valence-electron chi connectivity index (χ0n) is 20.5. The summed E-state index contributed by atoms with van der Waals surface area (Å²) in [6, 6.07) is 10.6. The molecule has 0 aromatic heterocycles. The van der Waals surface area contributed by atoms with Gasteiger partial charge in [0.15, 0.2) is 0 Å². The first kappa shape index (κ1) is 27.1. The molecule has 0 heterocycles. The topological polar surface area (TPSA) is 105 Å². The molecule has 0 spiro atoms. The van der Waals surface area contributed by atoms with E-state index < -0.39 is 21.8 Å². The van der Waals surface area contributed by atoms with E-state index in [4.69, 9.17) is 9.94 Å². The van der Waals surface area contributed by atoms with Crippen LogP contribution in [-0.4, -0.2) is 32.7 Å². The zero-order chi connectivity index (χ0) is 24.8. The van der Waals surface area contributed by atoms with Gasteiger partial charge in [-0.25, -0.2) is 18.6 Å². The van der Waals surface area contributed by atoms with E-state index in [1.165, 1.54) is 0 Å². The van der Waals surface area contributed by atoms with Crippen LogP contribution in [0.4, 0.5) is 0 Å². The number of sulfonamides is 1. The van der Waals surface area contributed by atoms with Crippen LogP contribution in [0.2, 0.25) is 0 Å². The van der Waals surface area contributed by atoms with Crippen molar-refractivity contribution in [2.45, 2.75) is 59.3 Å². The number of ether oxygens (including phenoxy) is 1. The summed E-state index contributed by atoms with van der Waals surface area (Å²) in [5.74, 6) is -0.0989. The minimum atomic E-state index is -3.81. The summed E-state index contributed by atoms with van der Waals surface area (Å²) < 4.78 is 34.7. The molecule has 0 radical (unpaired) electrons. The number of rotatable bonds is 11. The van der Waals surface area contributed by atoms with Gasteiger partial charge in [-0.1, -0.05) is 53.7 Å². The van der Waals surface area contributed by atoms with Gasteiger partial charge in [0.05, 0.1) is 11.5 Å². The Labute approximate surface area is 197 Å². The molecule has 0 bridgehead atoms. The Balaban J connectivity index is 2.24. The minimum Gasteiger partial charge on any atom is -0.494 e. The summed E-state index contributed by atoms with van der Waals surface area (Å²) in [6.07, 6.45) is 1.42. The van der Waals surface area contributed by atoms with Gasteiger partial charge in [0.25, 0.3) is 0 Å².